The number of methoxy groups -OCH3 is 2. The zero-order valence-electron chi connectivity index (χ0n) is 11.9. The van der Waals surface area contributed by atoms with E-state index in [1.165, 1.54) is 6.07 Å². The molecule has 2 rings (SSSR count). The van der Waals surface area contributed by atoms with Crippen LogP contribution < -0.4 is 15.2 Å². The van der Waals surface area contributed by atoms with Gasteiger partial charge in [-0.1, -0.05) is 29.8 Å². The van der Waals surface area contributed by atoms with E-state index in [9.17, 15) is 4.39 Å². The molecule has 5 heteroatoms. The van der Waals surface area contributed by atoms with Crippen LogP contribution >= 0.6 is 11.6 Å². The minimum absolute atomic E-state index is 0.104. The highest BCUT2D eigenvalue weighted by Crippen LogP contribution is 2.31. The normalized spacial score (nSPS) is 12.0. The first-order valence-corrected chi connectivity index (χ1v) is 6.85. The molecule has 0 saturated carbocycles. The maximum absolute atomic E-state index is 13.9. The van der Waals surface area contributed by atoms with Crippen LogP contribution in [0.25, 0.3) is 0 Å². The Kier molecular flexibility index (Phi) is 5.04. The molecule has 0 radical (unpaired) electrons. The van der Waals surface area contributed by atoms with Gasteiger partial charge in [0.2, 0.25) is 0 Å². The molecule has 2 aromatic carbocycles. The summed E-state index contributed by atoms with van der Waals surface area (Å²) in [6.07, 6.45) is 0.349. The first kappa shape index (κ1) is 15.6. The second kappa shape index (κ2) is 6.78. The molecule has 1 atom stereocenters. The number of hydrogen-bond acceptors (Lipinski definition) is 3. The van der Waals surface area contributed by atoms with Crippen LogP contribution in [0.5, 0.6) is 11.5 Å². The van der Waals surface area contributed by atoms with Gasteiger partial charge >= 0.3 is 0 Å². The van der Waals surface area contributed by atoms with E-state index in [1.807, 2.05) is 6.07 Å². The Morgan fingerprint density at radius 2 is 1.86 bits per heavy atom. The number of halogens is 2. The van der Waals surface area contributed by atoms with E-state index in [1.54, 1.807) is 38.5 Å². The van der Waals surface area contributed by atoms with Gasteiger partial charge in [0.1, 0.15) is 5.82 Å². The molecule has 3 nitrogen and oxygen atoms in total. The first-order valence-electron chi connectivity index (χ1n) is 6.47. The van der Waals surface area contributed by atoms with E-state index in [0.29, 0.717) is 23.5 Å². The lowest BCUT2D eigenvalue weighted by molar-refractivity contribution is 0.354. The minimum atomic E-state index is -0.421. The van der Waals surface area contributed by atoms with Crippen LogP contribution in [0.4, 0.5) is 4.39 Å². The van der Waals surface area contributed by atoms with Gasteiger partial charge in [0, 0.05) is 6.04 Å². The van der Waals surface area contributed by atoms with Crippen molar-refractivity contribution in [2.75, 3.05) is 14.2 Å². The van der Waals surface area contributed by atoms with E-state index < -0.39 is 5.82 Å². The predicted molar refractivity (Wildman–Crippen MR) is 81.6 cm³/mol. The van der Waals surface area contributed by atoms with Gasteiger partial charge in [-0.05, 0) is 35.7 Å². The van der Waals surface area contributed by atoms with E-state index in [4.69, 9.17) is 26.8 Å². The maximum atomic E-state index is 13.9. The molecule has 0 aliphatic rings. The van der Waals surface area contributed by atoms with Crippen molar-refractivity contribution in [3.05, 3.63) is 58.4 Å². The van der Waals surface area contributed by atoms with Crippen molar-refractivity contribution in [2.24, 2.45) is 5.73 Å². The molecule has 2 aromatic rings. The number of nitrogens with two attached hydrogens (primary N) is 1. The van der Waals surface area contributed by atoms with Crippen LogP contribution in [-0.2, 0) is 6.42 Å². The van der Waals surface area contributed by atoms with Crippen molar-refractivity contribution in [1.29, 1.82) is 0 Å². The molecule has 1 unspecified atom stereocenters. The van der Waals surface area contributed by atoms with Crippen molar-refractivity contribution in [1.82, 2.24) is 0 Å². The summed E-state index contributed by atoms with van der Waals surface area (Å²) in [6.45, 7) is 0. The van der Waals surface area contributed by atoms with Crippen LogP contribution in [0.2, 0.25) is 5.02 Å². The van der Waals surface area contributed by atoms with Crippen LogP contribution in [0.15, 0.2) is 36.4 Å². The lowest BCUT2D eigenvalue weighted by atomic mass is 9.99. The van der Waals surface area contributed by atoms with Crippen molar-refractivity contribution in [3.8, 4) is 11.5 Å². The monoisotopic (exact) mass is 309 g/mol. The Labute approximate surface area is 128 Å². The molecule has 112 valence electrons. The molecule has 0 bridgehead atoms. The number of rotatable bonds is 5. The second-order valence-corrected chi connectivity index (χ2v) is 5.05. The average Bonchev–Trinajstić information content (AvgIpc) is 2.51. The van der Waals surface area contributed by atoms with Crippen LogP contribution in [0, 0.1) is 5.82 Å². The van der Waals surface area contributed by atoms with Gasteiger partial charge in [-0.25, -0.2) is 4.39 Å². The molecule has 2 N–H and O–H groups in total. The minimum Gasteiger partial charge on any atom is -0.493 e. The Morgan fingerprint density at radius 3 is 2.52 bits per heavy atom. The highest BCUT2D eigenvalue weighted by Gasteiger charge is 2.14. The molecule has 0 amide bonds. The van der Waals surface area contributed by atoms with E-state index in [2.05, 4.69) is 0 Å². The van der Waals surface area contributed by atoms with Crippen LogP contribution in [0.3, 0.4) is 0 Å². The van der Waals surface area contributed by atoms with Gasteiger partial charge in [0.25, 0.3) is 0 Å². The fourth-order valence-electron chi connectivity index (χ4n) is 2.14. The summed E-state index contributed by atoms with van der Waals surface area (Å²) in [5.74, 6) is 0.800. The van der Waals surface area contributed by atoms with E-state index >= 15 is 0 Å². The molecule has 0 spiro atoms. The lowest BCUT2D eigenvalue weighted by Crippen LogP contribution is -2.14. The van der Waals surface area contributed by atoms with Gasteiger partial charge in [-0.2, -0.15) is 0 Å². The average molecular weight is 310 g/mol. The topological polar surface area (TPSA) is 44.5 Å². The Hall–Kier alpha value is -1.78. The van der Waals surface area contributed by atoms with E-state index in [-0.39, 0.29) is 11.1 Å². The highest BCUT2D eigenvalue weighted by molar-refractivity contribution is 6.30. The van der Waals surface area contributed by atoms with Crippen LogP contribution in [0.1, 0.15) is 17.2 Å². The van der Waals surface area contributed by atoms with Gasteiger partial charge in [-0.15, -0.1) is 0 Å². The Morgan fingerprint density at radius 1 is 1.14 bits per heavy atom. The zero-order chi connectivity index (χ0) is 15.4. The zero-order valence-corrected chi connectivity index (χ0v) is 12.7. The van der Waals surface area contributed by atoms with Crippen molar-refractivity contribution in [2.45, 2.75) is 12.5 Å². The molecule has 0 aromatic heterocycles. The predicted octanol–water partition coefficient (Wildman–Crippen LogP) is 3.74. The molecule has 21 heavy (non-hydrogen) atoms. The maximum Gasteiger partial charge on any atom is 0.161 e. The van der Waals surface area contributed by atoms with Crippen LogP contribution in [-0.4, -0.2) is 14.2 Å². The molecule has 0 heterocycles. The summed E-state index contributed by atoms with van der Waals surface area (Å²) in [4.78, 5) is 0. The summed E-state index contributed by atoms with van der Waals surface area (Å²) in [6, 6.07) is 9.97. The quantitative estimate of drug-likeness (QED) is 0.915. The summed E-state index contributed by atoms with van der Waals surface area (Å²) < 4.78 is 24.3. The number of ether oxygens (including phenoxy) is 2. The van der Waals surface area contributed by atoms with Crippen molar-refractivity contribution >= 4 is 11.6 Å². The smallest absolute Gasteiger partial charge is 0.161 e. The summed E-state index contributed by atoms with van der Waals surface area (Å²) in [5, 5.41) is 0.104. The SMILES string of the molecule is COc1ccc(C(N)Cc2cccc(Cl)c2F)cc1OC. The largest absolute Gasteiger partial charge is 0.493 e. The molecular weight excluding hydrogens is 293 g/mol. The first-order chi connectivity index (χ1) is 10.1. The van der Waals surface area contributed by atoms with Gasteiger partial charge in [-0.3, -0.25) is 0 Å². The third-order valence-electron chi connectivity index (χ3n) is 3.31. The van der Waals surface area contributed by atoms with Crippen molar-refractivity contribution < 1.29 is 13.9 Å². The Bertz CT molecular complexity index is 634. The lowest BCUT2D eigenvalue weighted by Gasteiger charge is -2.15. The van der Waals surface area contributed by atoms with Gasteiger partial charge in [0.15, 0.2) is 11.5 Å². The highest BCUT2D eigenvalue weighted by atomic mass is 35.5. The summed E-state index contributed by atoms with van der Waals surface area (Å²) in [5.41, 5.74) is 7.49. The van der Waals surface area contributed by atoms with Gasteiger partial charge < -0.3 is 15.2 Å². The Balaban J connectivity index is 2.24. The third kappa shape index (κ3) is 3.46. The fourth-order valence-corrected chi connectivity index (χ4v) is 2.34. The number of benzene rings is 2. The van der Waals surface area contributed by atoms with Gasteiger partial charge in [0.05, 0.1) is 19.2 Å². The second-order valence-electron chi connectivity index (χ2n) is 4.64. The van der Waals surface area contributed by atoms with Crippen molar-refractivity contribution in [3.63, 3.8) is 0 Å². The summed E-state index contributed by atoms with van der Waals surface area (Å²) >= 11 is 5.78. The van der Waals surface area contributed by atoms with E-state index in [0.717, 1.165) is 5.56 Å². The summed E-state index contributed by atoms with van der Waals surface area (Å²) in [7, 11) is 3.13. The standard InChI is InChI=1S/C16H17ClFNO2/c1-20-14-7-6-10(9-15(14)21-2)13(19)8-11-4-3-5-12(17)16(11)18/h3-7,9,13H,8,19H2,1-2H3. The molecule has 0 aliphatic carbocycles. The molecular formula is C16H17ClFNO2. The molecule has 0 aliphatic heterocycles. The molecule has 0 saturated heterocycles. The third-order valence-corrected chi connectivity index (χ3v) is 3.60. The number of hydrogen-bond donors (Lipinski definition) is 1. The fraction of sp³-hybridized carbons (Fsp3) is 0.250. The molecule has 0 fully saturated rings.